The van der Waals surface area contributed by atoms with Crippen molar-refractivity contribution in [1.29, 1.82) is 5.26 Å². The SMILES string of the molecule is Cc1cccc(NC(C#N)c2cccc(C3CC3)c2)c1. The Hall–Kier alpha value is -2.27. The third kappa shape index (κ3) is 2.83. The minimum atomic E-state index is -0.296. The first kappa shape index (κ1) is 12.7. The molecule has 0 amide bonds. The van der Waals surface area contributed by atoms with Crippen molar-refractivity contribution in [3.63, 3.8) is 0 Å². The van der Waals surface area contributed by atoms with Gasteiger partial charge in [0.15, 0.2) is 0 Å². The summed E-state index contributed by atoms with van der Waals surface area (Å²) < 4.78 is 0. The summed E-state index contributed by atoms with van der Waals surface area (Å²) in [5, 5.41) is 12.8. The van der Waals surface area contributed by atoms with E-state index in [1.165, 1.54) is 24.0 Å². The van der Waals surface area contributed by atoms with Crippen molar-refractivity contribution in [3.05, 3.63) is 65.2 Å². The predicted molar refractivity (Wildman–Crippen MR) is 81.6 cm³/mol. The van der Waals surface area contributed by atoms with Crippen LogP contribution in [0.4, 0.5) is 5.69 Å². The molecule has 100 valence electrons. The number of nitrogens with zero attached hydrogens (tertiary/aromatic N) is 1. The Labute approximate surface area is 120 Å². The van der Waals surface area contributed by atoms with E-state index in [0.29, 0.717) is 5.92 Å². The predicted octanol–water partition coefficient (Wildman–Crippen LogP) is 4.55. The fraction of sp³-hybridized carbons (Fsp3) is 0.278. The van der Waals surface area contributed by atoms with Gasteiger partial charge in [-0.2, -0.15) is 5.26 Å². The topological polar surface area (TPSA) is 35.8 Å². The maximum absolute atomic E-state index is 9.44. The second kappa shape index (κ2) is 5.38. The molecule has 0 aromatic heterocycles. The number of nitriles is 1. The summed E-state index contributed by atoms with van der Waals surface area (Å²) in [6.45, 7) is 2.06. The van der Waals surface area contributed by atoms with E-state index in [1.54, 1.807) is 0 Å². The minimum absolute atomic E-state index is 0.296. The Morgan fingerprint density at radius 3 is 2.65 bits per heavy atom. The molecule has 1 N–H and O–H groups in total. The van der Waals surface area contributed by atoms with E-state index in [9.17, 15) is 5.26 Å². The van der Waals surface area contributed by atoms with Gasteiger partial charge in [-0.3, -0.25) is 0 Å². The van der Waals surface area contributed by atoms with Gasteiger partial charge in [0.05, 0.1) is 6.07 Å². The molecule has 1 fully saturated rings. The van der Waals surface area contributed by atoms with Crippen molar-refractivity contribution >= 4 is 5.69 Å². The van der Waals surface area contributed by atoms with Gasteiger partial charge in [0.1, 0.15) is 6.04 Å². The van der Waals surface area contributed by atoms with Crippen LogP contribution in [0.25, 0.3) is 0 Å². The summed E-state index contributed by atoms with van der Waals surface area (Å²) in [6, 6.07) is 18.6. The van der Waals surface area contributed by atoms with E-state index in [4.69, 9.17) is 0 Å². The summed E-state index contributed by atoms with van der Waals surface area (Å²) in [5.41, 5.74) is 4.61. The Kier molecular flexibility index (Phi) is 3.43. The molecule has 2 heteroatoms. The molecule has 2 aromatic rings. The molecule has 0 spiro atoms. The lowest BCUT2D eigenvalue weighted by atomic mass is 10.0. The van der Waals surface area contributed by atoms with Crippen LogP contribution >= 0.6 is 0 Å². The van der Waals surface area contributed by atoms with E-state index in [2.05, 4.69) is 48.6 Å². The highest BCUT2D eigenvalue weighted by Gasteiger charge is 2.24. The molecule has 1 aliphatic rings. The normalized spacial score (nSPS) is 15.4. The van der Waals surface area contributed by atoms with Crippen LogP contribution in [-0.2, 0) is 0 Å². The Balaban J connectivity index is 1.82. The van der Waals surface area contributed by atoms with Crippen molar-refractivity contribution in [1.82, 2.24) is 0 Å². The van der Waals surface area contributed by atoms with Crippen molar-refractivity contribution in [2.75, 3.05) is 5.32 Å². The summed E-state index contributed by atoms with van der Waals surface area (Å²) in [7, 11) is 0. The van der Waals surface area contributed by atoms with Crippen molar-refractivity contribution in [3.8, 4) is 6.07 Å². The van der Waals surface area contributed by atoms with Crippen LogP contribution in [0, 0.1) is 18.3 Å². The standard InChI is InChI=1S/C18H18N2/c1-13-4-2-7-17(10-13)20-18(12-19)16-6-3-5-15(11-16)14-8-9-14/h2-7,10-11,14,18,20H,8-9H2,1H3. The van der Waals surface area contributed by atoms with Crippen LogP contribution in [0.3, 0.4) is 0 Å². The molecule has 2 aromatic carbocycles. The molecule has 1 aliphatic carbocycles. The van der Waals surface area contributed by atoms with Gasteiger partial charge in [0, 0.05) is 5.69 Å². The van der Waals surface area contributed by atoms with E-state index in [0.717, 1.165) is 11.3 Å². The largest absolute Gasteiger partial charge is 0.366 e. The Morgan fingerprint density at radius 2 is 1.95 bits per heavy atom. The molecule has 2 nitrogen and oxygen atoms in total. The average molecular weight is 262 g/mol. The number of rotatable bonds is 4. The molecular formula is C18H18N2. The molecule has 0 aliphatic heterocycles. The molecule has 1 saturated carbocycles. The molecule has 0 bridgehead atoms. The van der Waals surface area contributed by atoms with E-state index >= 15 is 0 Å². The van der Waals surface area contributed by atoms with Gasteiger partial charge in [-0.1, -0.05) is 36.4 Å². The number of aryl methyl sites for hydroxylation is 1. The molecule has 20 heavy (non-hydrogen) atoms. The number of benzene rings is 2. The van der Waals surface area contributed by atoms with Crippen LogP contribution in [0.15, 0.2) is 48.5 Å². The van der Waals surface area contributed by atoms with E-state index in [1.807, 2.05) is 18.2 Å². The van der Waals surface area contributed by atoms with Crippen molar-refractivity contribution < 1.29 is 0 Å². The van der Waals surface area contributed by atoms with Crippen LogP contribution in [0.1, 0.15) is 41.5 Å². The lowest BCUT2D eigenvalue weighted by Crippen LogP contribution is -2.08. The maximum Gasteiger partial charge on any atom is 0.140 e. The summed E-state index contributed by atoms with van der Waals surface area (Å²) in [4.78, 5) is 0. The quantitative estimate of drug-likeness (QED) is 0.877. The maximum atomic E-state index is 9.44. The number of hydrogen-bond donors (Lipinski definition) is 1. The van der Waals surface area contributed by atoms with Gasteiger partial charge in [0.25, 0.3) is 0 Å². The lowest BCUT2D eigenvalue weighted by molar-refractivity contribution is 0.984. The molecule has 0 saturated heterocycles. The van der Waals surface area contributed by atoms with Gasteiger partial charge in [-0.15, -0.1) is 0 Å². The zero-order valence-corrected chi connectivity index (χ0v) is 11.6. The van der Waals surface area contributed by atoms with Gasteiger partial charge >= 0.3 is 0 Å². The first-order valence-electron chi connectivity index (χ1n) is 7.09. The highest BCUT2D eigenvalue weighted by molar-refractivity contribution is 5.49. The van der Waals surface area contributed by atoms with E-state index in [-0.39, 0.29) is 6.04 Å². The van der Waals surface area contributed by atoms with Gasteiger partial charge in [0.2, 0.25) is 0 Å². The average Bonchev–Trinajstić information content (AvgIpc) is 3.29. The Morgan fingerprint density at radius 1 is 1.15 bits per heavy atom. The fourth-order valence-electron chi connectivity index (χ4n) is 2.50. The molecule has 0 radical (unpaired) electrons. The minimum Gasteiger partial charge on any atom is -0.366 e. The summed E-state index contributed by atoms with van der Waals surface area (Å²) in [5.74, 6) is 0.716. The van der Waals surface area contributed by atoms with E-state index < -0.39 is 0 Å². The van der Waals surface area contributed by atoms with Crippen LogP contribution in [0.2, 0.25) is 0 Å². The fourth-order valence-corrected chi connectivity index (χ4v) is 2.50. The number of hydrogen-bond acceptors (Lipinski definition) is 2. The highest BCUT2D eigenvalue weighted by atomic mass is 14.9. The summed E-state index contributed by atoms with van der Waals surface area (Å²) >= 11 is 0. The van der Waals surface area contributed by atoms with Gasteiger partial charge in [-0.05, 0) is 54.5 Å². The lowest BCUT2D eigenvalue weighted by Gasteiger charge is -2.14. The number of nitrogens with one attached hydrogen (secondary N) is 1. The van der Waals surface area contributed by atoms with Gasteiger partial charge in [-0.25, -0.2) is 0 Å². The molecular weight excluding hydrogens is 244 g/mol. The van der Waals surface area contributed by atoms with Gasteiger partial charge < -0.3 is 5.32 Å². The molecule has 1 unspecified atom stereocenters. The first-order valence-corrected chi connectivity index (χ1v) is 7.09. The first-order chi connectivity index (χ1) is 9.76. The molecule has 3 rings (SSSR count). The van der Waals surface area contributed by atoms with Crippen LogP contribution in [-0.4, -0.2) is 0 Å². The Bertz CT molecular complexity index is 650. The molecule has 1 atom stereocenters. The second-order valence-corrected chi connectivity index (χ2v) is 5.52. The number of anilines is 1. The zero-order valence-electron chi connectivity index (χ0n) is 11.6. The highest BCUT2D eigenvalue weighted by Crippen LogP contribution is 2.40. The van der Waals surface area contributed by atoms with Crippen LogP contribution in [0.5, 0.6) is 0 Å². The van der Waals surface area contributed by atoms with Crippen molar-refractivity contribution in [2.24, 2.45) is 0 Å². The second-order valence-electron chi connectivity index (χ2n) is 5.52. The monoisotopic (exact) mass is 262 g/mol. The van der Waals surface area contributed by atoms with Crippen molar-refractivity contribution in [2.45, 2.75) is 31.7 Å². The summed E-state index contributed by atoms with van der Waals surface area (Å²) in [6.07, 6.45) is 2.57. The third-order valence-corrected chi connectivity index (χ3v) is 3.75. The molecule has 0 heterocycles. The third-order valence-electron chi connectivity index (χ3n) is 3.75. The van der Waals surface area contributed by atoms with Crippen LogP contribution < -0.4 is 5.32 Å². The zero-order chi connectivity index (χ0) is 13.9. The smallest absolute Gasteiger partial charge is 0.140 e.